The number of nitrogens with one attached hydrogen (secondary N) is 1. The number of piperidine rings is 1. The molecule has 92 valence electrons. The normalized spacial score (nSPS) is 24.3. The van der Waals surface area contributed by atoms with Gasteiger partial charge in [-0.1, -0.05) is 12.1 Å². The molecule has 1 aromatic rings. The Bertz CT molecular complexity index is 380. The summed E-state index contributed by atoms with van der Waals surface area (Å²) in [6, 6.07) is 7.08. The van der Waals surface area contributed by atoms with Crippen LogP contribution in [0.2, 0.25) is 0 Å². The summed E-state index contributed by atoms with van der Waals surface area (Å²) in [4.78, 5) is 11.3. The molecule has 1 heterocycles. The van der Waals surface area contributed by atoms with Crippen LogP contribution in [-0.2, 0) is 9.53 Å². The molecule has 0 radical (unpaired) electrons. The number of aromatic hydroxyl groups is 1. The standard InChI is InChI=1S/C13H17NO3/c1-17-13(16)12-7-4-10(8-14-12)9-2-5-11(15)6-3-9/h2-3,5-6,10,12,14-15H,4,7-8H2,1H3. The summed E-state index contributed by atoms with van der Waals surface area (Å²) in [6.45, 7) is 0.768. The largest absolute Gasteiger partial charge is 0.508 e. The summed E-state index contributed by atoms with van der Waals surface area (Å²) in [6.07, 6.45) is 1.75. The van der Waals surface area contributed by atoms with E-state index in [0.717, 1.165) is 19.4 Å². The minimum absolute atomic E-state index is 0.173. The van der Waals surface area contributed by atoms with Gasteiger partial charge in [0.2, 0.25) is 0 Å². The Hall–Kier alpha value is -1.55. The lowest BCUT2D eigenvalue weighted by Gasteiger charge is -2.28. The average molecular weight is 235 g/mol. The monoisotopic (exact) mass is 235 g/mol. The topological polar surface area (TPSA) is 58.6 Å². The molecule has 0 amide bonds. The van der Waals surface area contributed by atoms with Crippen LogP contribution in [0.25, 0.3) is 0 Å². The molecule has 2 unspecified atom stereocenters. The quantitative estimate of drug-likeness (QED) is 0.761. The fourth-order valence-electron chi connectivity index (χ4n) is 2.23. The van der Waals surface area contributed by atoms with Crippen LogP contribution in [0.1, 0.15) is 24.3 Å². The first-order valence-corrected chi connectivity index (χ1v) is 5.81. The zero-order valence-corrected chi connectivity index (χ0v) is 9.85. The maximum Gasteiger partial charge on any atom is 0.322 e. The van der Waals surface area contributed by atoms with E-state index in [1.54, 1.807) is 12.1 Å². The van der Waals surface area contributed by atoms with Crippen molar-refractivity contribution in [3.8, 4) is 5.75 Å². The van der Waals surface area contributed by atoms with Gasteiger partial charge in [-0.15, -0.1) is 0 Å². The van der Waals surface area contributed by atoms with Crippen LogP contribution in [0.15, 0.2) is 24.3 Å². The SMILES string of the molecule is COC(=O)C1CCC(c2ccc(O)cc2)CN1. The predicted octanol–water partition coefficient (Wildman–Crippen LogP) is 1.40. The van der Waals surface area contributed by atoms with Gasteiger partial charge in [0.15, 0.2) is 0 Å². The van der Waals surface area contributed by atoms with Crippen LogP contribution in [0.5, 0.6) is 5.75 Å². The van der Waals surface area contributed by atoms with Crippen molar-refractivity contribution < 1.29 is 14.6 Å². The predicted molar refractivity (Wildman–Crippen MR) is 63.9 cm³/mol. The molecule has 0 saturated carbocycles. The number of benzene rings is 1. The van der Waals surface area contributed by atoms with Crippen molar-refractivity contribution in [2.75, 3.05) is 13.7 Å². The molecule has 1 aliphatic heterocycles. The van der Waals surface area contributed by atoms with E-state index in [0.29, 0.717) is 5.92 Å². The minimum Gasteiger partial charge on any atom is -0.508 e. The Morgan fingerprint density at radius 2 is 2.06 bits per heavy atom. The molecule has 0 spiro atoms. The average Bonchev–Trinajstić information content (AvgIpc) is 2.39. The van der Waals surface area contributed by atoms with E-state index in [9.17, 15) is 9.90 Å². The molecule has 2 N–H and O–H groups in total. The molecule has 2 atom stereocenters. The number of esters is 1. The van der Waals surface area contributed by atoms with Crippen LogP contribution >= 0.6 is 0 Å². The van der Waals surface area contributed by atoms with Crippen molar-refractivity contribution in [2.24, 2.45) is 0 Å². The Morgan fingerprint density at radius 1 is 1.35 bits per heavy atom. The molecule has 0 bridgehead atoms. The Balaban J connectivity index is 1.95. The van der Waals surface area contributed by atoms with Crippen molar-refractivity contribution in [2.45, 2.75) is 24.8 Å². The van der Waals surface area contributed by atoms with Gasteiger partial charge in [-0.05, 0) is 36.5 Å². The van der Waals surface area contributed by atoms with Gasteiger partial charge < -0.3 is 15.2 Å². The molecule has 17 heavy (non-hydrogen) atoms. The molecule has 2 rings (SSSR count). The Kier molecular flexibility index (Phi) is 3.64. The van der Waals surface area contributed by atoms with E-state index in [-0.39, 0.29) is 17.8 Å². The second kappa shape index (κ2) is 5.19. The maximum absolute atomic E-state index is 11.3. The maximum atomic E-state index is 11.3. The van der Waals surface area contributed by atoms with Crippen molar-refractivity contribution in [3.05, 3.63) is 29.8 Å². The minimum atomic E-state index is -0.186. The van der Waals surface area contributed by atoms with Gasteiger partial charge >= 0.3 is 5.97 Å². The van der Waals surface area contributed by atoms with Gasteiger partial charge in [0.1, 0.15) is 11.8 Å². The van der Waals surface area contributed by atoms with Gasteiger partial charge in [-0.2, -0.15) is 0 Å². The number of hydrogen-bond donors (Lipinski definition) is 2. The van der Waals surface area contributed by atoms with E-state index >= 15 is 0 Å². The number of methoxy groups -OCH3 is 1. The van der Waals surface area contributed by atoms with Gasteiger partial charge in [0.05, 0.1) is 7.11 Å². The summed E-state index contributed by atoms with van der Waals surface area (Å²) in [5.41, 5.74) is 1.19. The highest BCUT2D eigenvalue weighted by Gasteiger charge is 2.26. The molecule has 4 heteroatoms. The molecular weight excluding hydrogens is 218 g/mol. The molecule has 4 nitrogen and oxygen atoms in total. The molecule has 0 aromatic heterocycles. The number of carbonyl (C=O) groups is 1. The highest BCUT2D eigenvalue weighted by molar-refractivity contribution is 5.75. The van der Waals surface area contributed by atoms with Gasteiger partial charge in [-0.3, -0.25) is 4.79 Å². The lowest BCUT2D eigenvalue weighted by Crippen LogP contribution is -2.43. The number of phenolic OH excluding ortho intramolecular Hbond substituents is 1. The number of ether oxygens (including phenoxy) is 1. The van der Waals surface area contributed by atoms with Crippen LogP contribution in [0.3, 0.4) is 0 Å². The van der Waals surface area contributed by atoms with E-state index in [4.69, 9.17) is 4.74 Å². The van der Waals surface area contributed by atoms with Crippen molar-refractivity contribution >= 4 is 5.97 Å². The highest BCUT2D eigenvalue weighted by atomic mass is 16.5. The molecule has 1 saturated heterocycles. The third kappa shape index (κ3) is 2.77. The van der Waals surface area contributed by atoms with Crippen molar-refractivity contribution in [1.82, 2.24) is 5.32 Å². The van der Waals surface area contributed by atoms with Gasteiger partial charge in [-0.25, -0.2) is 0 Å². The zero-order valence-electron chi connectivity index (χ0n) is 9.85. The second-order valence-corrected chi connectivity index (χ2v) is 4.35. The van der Waals surface area contributed by atoms with E-state index in [1.807, 2.05) is 12.1 Å². The third-order valence-electron chi connectivity index (χ3n) is 3.26. The van der Waals surface area contributed by atoms with Crippen LogP contribution in [0.4, 0.5) is 0 Å². The molecule has 1 fully saturated rings. The first kappa shape index (κ1) is 11.9. The van der Waals surface area contributed by atoms with E-state index < -0.39 is 0 Å². The third-order valence-corrected chi connectivity index (χ3v) is 3.26. The summed E-state index contributed by atoms with van der Waals surface area (Å²) >= 11 is 0. The molecular formula is C13H17NO3. The Labute approximate surface area is 101 Å². The van der Waals surface area contributed by atoms with Crippen LogP contribution < -0.4 is 5.32 Å². The van der Waals surface area contributed by atoms with E-state index in [2.05, 4.69) is 5.32 Å². The second-order valence-electron chi connectivity index (χ2n) is 4.35. The first-order chi connectivity index (χ1) is 8.20. The zero-order chi connectivity index (χ0) is 12.3. The van der Waals surface area contributed by atoms with Gasteiger partial charge in [0.25, 0.3) is 0 Å². The number of rotatable bonds is 2. The highest BCUT2D eigenvalue weighted by Crippen LogP contribution is 2.26. The fourth-order valence-corrected chi connectivity index (χ4v) is 2.23. The van der Waals surface area contributed by atoms with Crippen LogP contribution in [0, 0.1) is 0 Å². The van der Waals surface area contributed by atoms with Crippen molar-refractivity contribution in [1.29, 1.82) is 0 Å². The fraction of sp³-hybridized carbons (Fsp3) is 0.462. The summed E-state index contributed by atoms with van der Waals surface area (Å²) < 4.78 is 4.71. The lowest BCUT2D eigenvalue weighted by molar-refractivity contribution is -0.143. The molecule has 1 aliphatic rings. The van der Waals surface area contributed by atoms with E-state index in [1.165, 1.54) is 12.7 Å². The van der Waals surface area contributed by atoms with Crippen molar-refractivity contribution in [3.63, 3.8) is 0 Å². The van der Waals surface area contributed by atoms with Gasteiger partial charge in [0, 0.05) is 6.54 Å². The number of hydrogen-bond acceptors (Lipinski definition) is 4. The van der Waals surface area contributed by atoms with Crippen LogP contribution in [-0.4, -0.2) is 30.8 Å². The molecule has 0 aliphatic carbocycles. The number of phenols is 1. The molecule has 1 aromatic carbocycles. The lowest BCUT2D eigenvalue weighted by atomic mass is 9.89. The number of carbonyl (C=O) groups excluding carboxylic acids is 1. The first-order valence-electron chi connectivity index (χ1n) is 5.81. The smallest absolute Gasteiger partial charge is 0.322 e. The summed E-state index contributed by atoms with van der Waals surface area (Å²) in [7, 11) is 1.41. The summed E-state index contributed by atoms with van der Waals surface area (Å²) in [5.74, 6) is 0.496. The Morgan fingerprint density at radius 3 is 2.59 bits per heavy atom. The summed E-state index contributed by atoms with van der Waals surface area (Å²) in [5, 5.41) is 12.4.